The van der Waals surface area contributed by atoms with Crippen LogP contribution in [0.25, 0.3) is 0 Å². The van der Waals surface area contributed by atoms with E-state index in [1.54, 1.807) is 11.3 Å². The van der Waals surface area contributed by atoms with Gasteiger partial charge in [0, 0.05) is 11.3 Å². The molecule has 0 aromatic carbocycles. The molecule has 0 saturated heterocycles. The normalized spacial score (nSPS) is 38.7. The number of rotatable bonds is 1. The van der Waals surface area contributed by atoms with Crippen molar-refractivity contribution >= 4 is 17.1 Å². The predicted octanol–water partition coefficient (Wildman–Crippen LogP) is 2.86. The summed E-state index contributed by atoms with van der Waals surface area (Å²) in [6, 6.07) is 3.94. The summed E-state index contributed by atoms with van der Waals surface area (Å²) in [5.74, 6) is 0.293. The first-order valence-corrected chi connectivity index (χ1v) is 6.87. The Hall–Kier alpha value is -0.670. The van der Waals surface area contributed by atoms with Crippen LogP contribution in [0.1, 0.15) is 43.4 Å². The van der Waals surface area contributed by atoms with Crippen LogP contribution in [-0.2, 0) is 10.4 Å². The highest BCUT2D eigenvalue weighted by atomic mass is 32.1. The van der Waals surface area contributed by atoms with Gasteiger partial charge in [0.25, 0.3) is 0 Å². The Morgan fingerprint density at radius 3 is 2.69 bits per heavy atom. The van der Waals surface area contributed by atoms with Gasteiger partial charge in [-0.1, -0.05) is 6.07 Å². The molecule has 2 saturated carbocycles. The van der Waals surface area contributed by atoms with Gasteiger partial charge in [-0.05, 0) is 43.6 Å². The summed E-state index contributed by atoms with van der Waals surface area (Å²) in [4.78, 5) is 13.1. The van der Waals surface area contributed by atoms with Gasteiger partial charge in [-0.3, -0.25) is 4.79 Å². The van der Waals surface area contributed by atoms with E-state index >= 15 is 0 Å². The largest absolute Gasteiger partial charge is 0.383 e. The molecule has 3 rings (SSSR count). The molecule has 16 heavy (non-hydrogen) atoms. The Kier molecular flexibility index (Phi) is 2.23. The molecule has 0 aliphatic heterocycles. The highest BCUT2D eigenvalue weighted by molar-refractivity contribution is 7.10. The zero-order valence-corrected chi connectivity index (χ0v) is 10.1. The molecule has 3 heteroatoms. The number of carbonyl (C=O) groups excluding carboxylic acids is 1. The highest BCUT2D eigenvalue weighted by Gasteiger charge is 2.60. The maximum absolute atomic E-state index is 12.2. The Labute approximate surface area is 99.3 Å². The fourth-order valence-electron chi connectivity index (χ4n) is 3.60. The summed E-state index contributed by atoms with van der Waals surface area (Å²) < 4.78 is 0. The molecule has 2 aliphatic carbocycles. The molecule has 2 fully saturated rings. The van der Waals surface area contributed by atoms with Crippen LogP contribution in [0.5, 0.6) is 0 Å². The molecule has 0 radical (unpaired) electrons. The van der Waals surface area contributed by atoms with E-state index in [0.717, 1.165) is 37.0 Å². The van der Waals surface area contributed by atoms with Gasteiger partial charge in [0.2, 0.25) is 0 Å². The fraction of sp³-hybridized carbons (Fsp3) is 0.615. The van der Waals surface area contributed by atoms with Gasteiger partial charge < -0.3 is 5.11 Å². The quantitative estimate of drug-likeness (QED) is 0.814. The molecule has 1 spiro atoms. The third kappa shape index (κ3) is 1.13. The maximum atomic E-state index is 12.2. The molecular formula is C13H16O2S. The van der Waals surface area contributed by atoms with E-state index < -0.39 is 11.0 Å². The van der Waals surface area contributed by atoms with Gasteiger partial charge >= 0.3 is 0 Å². The summed E-state index contributed by atoms with van der Waals surface area (Å²) >= 11 is 1.58. The van der Waals surface area contributed by atoms with Crippen molar-refractivity contribution in [1.29, 1.82) is 0 Å². The number of hydrogen-bond acceptors (Lipinski definition) is 3. The van der Waals surface area contributed by atoms with Crippen molar-refractivity contribution in [3.63, 3.8) is 0 Å². The van der Waals surface area contributed by atoms with Crippen LogP contribution < -0.4 is 0 Å². The van der Waals surface area contributed by atoms with E-state index in [9.17, 15) is 9.90 Å². The summed E-state index contributed by atoms with van der Waals surface area (Å²) in [6.07, 6.45) is 5.08. The zero-order valence-electron chi connectivity index (χ0n) is 9.24. The third-order valence-electron chi connectivity index (χ3n) is 4.40. The minimum Gasteiger partial charge on any atom is -0.383 e. The molecule has 1 aromatic rings. The van der Waals surface area contributed by atoms with Crippen LogP contribution in [-0.4, -0.2) is 10.9 Å². The molecule has 2 nitrogen and oxygen atoms in total. The molecule has 1 N–H and O–H groups in total. The number of carbonyl (C=O) groups is 1. The van der Waals surface area contributed by atoms with Gasteiger partial charge in [0.1, 0.15) is 11.4 Å². The van der Waals surface area contributed by atoms with Crippen molar-refractivity contribution in [2.45, 2.75) is 44.1 Å². The average molecular weight is 236 g/mol. The van der Waals surface area contributed by atoms with Crippen LogP contribution in [0.2, 0.25) is 0 Å². The van der Waals surface area contributed by atoms with Crippen molar-refractivity contribution in [3.05, 3.63) is 22.4 Å². The highest BCUT2D eigenvalue weighted by Crippen LogP contribution is 2.59. The number of ketones is 1. The van der Waals surface area contributed by atoms with Gasteiger partial charge in [-0.15, -0.1) is 11.3 Å². The van der Waals surface area contributed by atoms with Crippen LogP contribution in [0, 0.1) is 5.41 Å². The fourth-order valence-corrected chi connectivity index (χ4v) is 4.55. The maximum Gasteiger partial charge on any atom is 0.142 e. The molecule has 2 aliphatic rings. The SMILES string of the molecule is O=C1CCCC12CCCC2(O)c1cccs1. The van der Waals surface area contributed by atoms with E-state index in [-0.39, 0.29) is 0 Å². The third-order valence-corrected chi connectivity index (χ3v) is 5.42. The van der Waals surface area contributed by atoms with Gasteiger partial charge in [0.05, 0.1) is 5.41 Å². The molecule has 2 unspecified atom stereocenters. The number of Topliss-reactive ketones (excluding diaryl/α,β-unsaturated/α-hetero) is 1. The van der Waals surface area contributed by atoms with E-state index in [2.05, 4.69) is 0 Å². The second kappa shape index (κ2) is 3.41. The van der Waals surface area contributed by atoms with Crippen molar-refractivity contribution in [3.8, 4) is 0 Å². The van der Waals surface area contributed by atoms with E-state index in [1.807, 2.05) is 17.5 Å². The van der Waals surface area contributed by atoms with Crippen LogP contribution in [0.15, 0.2) is 17.5 Å². The lowest BCUT2D eigenvalue weighted by Gasteiger charge is -2.37. The van der Waals surface area contributed by atoms with Gasteiger partial charge in [-0.25, -0.2) is 0 Å². The number of aliphatic hydroxyl groups is 1. The van der Waals surface area contributed by atoms with Crippen molar-refractivity contribution < 1.29 is 9.90 Å². The first kappa shape index (κ1) is 10.5. The average Bonchev–Trinajstić information content (AvgIpc) is 2.92. The minimum atomic E-state index is -0.866. The van der Waals surface area contributed by atoms with Crippen molar-refractivity contribution in [2.75, 3.05) is 0 Å². The van der Waals surface area contributed by atoms with Crippen LogP contribution in [0.4, 0.5) is 0 Å². The van der Waals surface area contributed by atoms with E-state index in [0.29, 0.717) is 12.2 Å². The Morgan fingerprint density at radius 1 is 1.25 bits per heavy atom. The van der Waals surface area contributed by atoms with Crippen LogP contribution >= 0.6 is 11.3 Å². The summed E-state index contributed by atoms with van der Waals surface area (Å²) in [5.41, 5.74) is -1.31. The van der Waals surface area contributed by atoms with Crippen molar-refractivity contribution in [1.82, 2.24) is 0 Å². The molecule has 0 amide bonds. The topological polar surface area (TPSA) is 37.3 Å². The molecule has 2 atom stereocenters. The molecule has 1 heterocycles. The predicted molar refractivity (Wildman–Crippen MR) is 63.4 cm³/mol. The van der Waals surface area contributed by atoms with E-state index in [4.69, 9.17) is 0 Å². The first-order chi connectivity index (χ1) is 7.69. The standard InChI is InChI=1S/C13H16O2S/c14-10-4-1-6-12(10)7-3-8-13(12,15)11-5-2-9-16-11/h2,5,9,15H,1,3-4,6-8H2. The lowest BCUT2D eigenvalue weighted by atomic mass is 9.71. The van der Waals surface area contributed by atoms with Crippen molar-refractivity contribution in [2.24, 2.45) is 5.41 Å². The second-order valence-corrected chi connectivity index (χ2v) is 6.00. The number of thiophene rings is 1. The van der Waals surface area contributed by atoms with Crippen LogP contribution in [0.3, 0.4) is 0 Å². The number of hydrogen-bond donors (Lipinski definition) is 1. The Morgan fingerprint density at radius 2 is 2.06 bits per heavy atom. The minimum absolute atomic E-state index is 0.293. The summed E-state index contributed by atoms with van der Waals surface area (Å²) in [7, 11) is 0. The lowest BCUT2D eigenvalue weighted by molar-refractivity contribution is -0.140. The molecule has 1 aromatic heterocycles. The Bertz CT molecular complexity index is 408. The zero-order chi connectivity index (χ0) is 11.2. The molecule has 86 valence electrons. The monoisotopic (exact) mass is 236 g/mol. The lowest BCUT2D eigenvalue weighted by Crippen LogP contribution is -2.43. The second-order valence-electron chi connectivity index (χ2n) is 5.05. The van der Waals surface area contributed by atoms with E-state index in [1.165, 1.54) is 0 Å². The van der Waals surface area contributed by atoms with Gasteiger partial charge in [0.15, 0.2) is 0 Å². The summed E-state index contributed by atoms with van der Waals surface area (Å²) in [5, 5.41) is 12.9. The molecule has 0 bridgehead atoms. The van der Waals surface area contributed by atoms with Gasteiger partial charge in [-0.2, -0.15) is 0 Å². The molecular weight excluding hydrogens is 220 g/mol. The smallest absolute Gasteiger partial charge is 0.142 e. The first-order valence-electron chi connectivity index (χ1n) is 5.99. The Balaban J connectivity index is 2.09. The summed E-state index contributed by atoms with van der Waals surface area (Å²) in [6.45, 7) is 0.